The van der Waals surface area contributed by atoms with Crippen molar-refractivity contribution in [1.29, 1.82) is 0 Å². The zero-order valence-electron chi connectivity index (χ0n) is 13.6. The maximum absolute atomic E-state index is 5.33. The van der Waals surface area contributed by atoms with Crippen molar-refractivity contribution in [3.63, 3.8) is 0 Å². The Morgan fingerprint density at radius 2 is 2.04 bits per heavy atom. The van der Waals surface area contributed by atoms with Crippen LogP contribution in [0.2, 0.25) is 0 Å². The highest BCUT2D eigenvalue weighted by atomic mass is 32.1. The van der Waals surface area contributed by atoms with E-state index in [-0.39, 0.29) is 0 Å². The highest BCUT2D eigenvalue weighted by Crippen LogP contribution is 2.41. The van der Waals surface area contributed by atoms with Crippen molar-refractivity contribution >= 4 is 17.0 Å². The normalized spacial score (nSPS) is 19.1. The van der Waals surface area contributed by atoms with E-state index in [2.05, 4.69) is 33.4 Å². The van der Waals surface area contributed by atoms with E-state index in [1.54, 1.807) is 7.11 Å². The second-order valence-electron chi connectivity index (χ2n) is 6.42. The molecular weight excluding hydrogens is 306 g/mol. The Hall–Kier alpha value is -1.59. The monoisotopic (exact) mass is 329 g/mol. The first-order valence-corrected chi connectivity index (χ1v) is 9.25. The van der Waals surface area contributed by atoms with Crippen LogP contribution in [0.4, 0.5) is 5.69 Å². The van der Waals surface area contributed by atoms with Gasteiger partial charge >= 0.3 is 0 Å². The molecule has 2 aliphatic rings. The van der Waals surface area contributed by atoms with Crippen LogP contribution in [0.3, 0.4) is 0 Å². The summed E-state index contributed by atoms with van der Waals surface area (Å²) < 4.78 is 5.33. The lowest BCUT2D eigenvalue weighted by Gasteiger charge is -2.35. The molecule has 1 aliphatic heterocycles. The summed E-state index contributed by atoms with van der Waals surface area (Å²) in [7, 11) is 1.72. The molecule has 0 amide bonds. The number of hydrogen-bond acceptors (Lipinski definition) is 5. The van der Waals surface area contributed by atoms with Gasteiger partial charge in [-0.2, -0.15) is 0 Å². The van der Waals surface area contributed by atoms with Gasteiger partial charge in [-0.1, -0.05) is 6.07 Å². The lowest BCUT2D eigenvalue weighted by Crippen LogP contribution is -2.46. The number of anilines is 1. The minimum absolute atomic E-state index is 0.777. The minimum atomic E-state index is 0.777. The molecular formula is C18H23N3OS. The average Bonchev–Trinajstić information content (AvgIpc) is 3.35. The topological polar surface area (TPSA) is 28.6 Å². The molecule has 0 bridgehead atoms. The molecule has 1 aromatic heterocycles. The third-order valence-electron chi connectivity index (χ3n) is 4.67. The van der Waals surface area contributed by atoms with E-state index in [1.165, 1.54) is 29.2 Å². The second kappa shape index (κ2) is 6.49. The van der Waals surface area contributed by atoms with Gasteiger partial charge < -0.3 is 9.64 Å². The molecule has 23 heavy (non-hydrogen) atoms. The molecule has 0 atom stereocenters. The van der Waals surface area contributed by atoms with Crippen LogP contribution in [0.15, 0.2) is 29.6 Å². The molecule has 4 nitrogen and oxygen atoms in total. The van der Waals surface area contributed by atoms with Crippen molar-refractivity contribution in [3.05, 3.63) is 40.3 Å². The van der Waals surface area contributed by atoms with Gasteiger partial charge in [0.05, 0.1) is 17.8 Å². The van der Waals surface area contributed by atoms with Gasteiger partial charge in [-0.3, -0.25) is 4.90 Å². The van der Waals surface area contributed by atoms with Crippen LogP contribution in [-0.4, -0.2) is 43.2 Å². The van der Waals surface area contributed by atoms with E-state index in [4.69, 9.17) is 9.72 Å². The molecule has 1 aromatic carbocycles. The highest BCUT2D eigenvalue weighted by molar-refractivity contribution is 7.09. The first kappa shape index (κ1) is 15.0. The van der Waals surface area contributed by atoms with E-state index >= 15 is 0 Å². The van der Waals surface area contributed by atoms with Crippen LogP contribution in [0.1, 0.15) is 29.5 Å². The molecule has 2 aromatic rings. The van der Waals surface area contributed by atoms with Gasteiger partial charge in [-0.05, 0) is 25.0 Å². The summed E-state index contributed by atoms with van der Waals surface area (Å²) in [5.41, 5.74) is 2.51. The molecule has 0 radical (unpaired) electrons. The number of nitrogens with zero attached hydrogens (tertiary/aromatic N) is 3. The molecule has 1 saturated heterocycles. The highest BCUT2D eigenvalue weighted by Gasteiger charge is 2.27. The van der Waals surface area contributed by atoms with Crippen molar-refractivity contribution in [2.45, 2.75) is 25.3 Å². The molecule has 4 rings (SSSR count). The molecule has 1 saturated carbocycles. The van der Waals surface area contributed by atoms with Crippen LogP contribution < -0.4 is 9.64 Å². The molecule has 5 heteroatoms. The van der Waals surface area contributed by atoms with Crippen molar-refractivity contribution < 1.29 is 4.74 Å². The Morgan fingerprint density at radius 3 is 2.78 bits per heavy atom. The second-order valence-corrected chi connectivity index (χ2v) is 7.31. The number of methoxy groups -OCH3 is 1. The predicted molar refractivity (Wildman–Crippen MR) is 94.6 cm³/mol. The predicted octanol–water partition coefficient (Wildman–Crippen LogP) is 3.35. The van der Waals surface area contributed by atoms with Crippen LogP contribution >= 0.6 is 11.3 Å². The summed E-state index contributed by atoms with van der Waals surface area (Å²) >= 11 is 1.85. The summed E-state index contributed by atoms with van der Waals surface area (Å²) in [6, 6.07) is 8.35. The van der Waals surface area contributed by atoms with Crippen molar-refractivity contribution in [1.82, 2.24) is 9.88 Å². The Bertz CT molecular complexity index is 660. The fourth-order valence-electron chi connectivity index (χ4n) is 3.11. The largest absolute Gasteiger partial charge is 0.497 e. The van der Waals surface area contributed by atoms with Gasteiger partial charge in [0.2, 0.25) is 0 Å². The van der Waals surface area contributed by atoms with Gasteiger partial charge in [-0.15, -0.1) is 11.3 Å². The van der Waals surface area contributed by atoms with Gasteiger partial charge in [0.1, 0.15) is 5.75 Å². The number of benzene rings is 1. The zero-order chi connectivity index (χ0) is 15.6. The van der Waals surface area contributed by atoms with E-state index in [0.29, 0.717) is 0 Å². The van der Waals surface area contributed by atoms with Gasteiger partial charge in [0.25, 0.3) is 0 Å². The molecule has 0 N–H and O–H groups in total. The summed E-state index contributed by atoms with van der Waals surface area (Å²) in [6.45, 7) is 5.30. The Balaban J connectivity index is 1.32. The van der Waals surface area contributed by atoms with Crippen LogP contribution in [0.5, 0.6) is 5.75 Å². The number of piperazine rings is 1. The Morgan fingerprint density at radius 1 is 1.22 bits per heavy atom. The summed E-state index contributed by atoms with van der Waals surface area (Å²) in [5, 5.41) is 3.61. The van der Waals surface area contributed by atoms with Crippen LogP contribution in [0, 0.1) is 0 Å². The van der Waals surface area contributed by atoms with Crippen LogP contribution in [0.25, 0.3) is 0 Å². The number of rotatable bonds is 5. The molecule has 0 unspecified atom stereocenters. The van der Waals surface area contributed by atoms with Gasteiger partial charge in [0, 0.05) is 55.8 Å². The zero-order valence-corrected chi connectivity index (χ0v) is 14.4. The van der Waals surface area contributed by atoms with Gasteiger partial charge in [-0.25, -0.2) is 4.98 Å². The summed E-state index contributed by atoms with van der Waals surface area (Å²) in [5.74, 6) is 1.71. The standard InChI is InChI=1S/C18H23N3OS/c1-22-17-4-2-3-16(11-17)21-9-7-20(8-10-21)12-15-13-23-18(19-15)14-5-6-14/h2-4,11,13-14H,5-10,12H2,1H3. The van der Waals surface area contributed by atoms with Gasteiger partial charge in [0.15, 0.2) is 0 Å². The number of aromatic nitrogens is 1. The smallest absolute Gasteiger partial charge is 0.120 e. The van der Waals surface area contributed by atoms with E-state index in [1.807, 2.05) is 17.4 Å². The third kappa shape index (κ3) is 3.51. The molecule has 2 fully saturated rings. The maximum atomic E-state index is 5.33. The Labute approximate surface area is 141 Å². The summed E-state index contributed by atoms with van der Waals surface area (Å²) in [6.07, 6.45) is 2.68. The lowest BCUT2D eigenvalue weighted by molar-refractivity contribution is 0.247. The average molecular weight is 329 g/mol. The number of hydrogen-bond donors (Lipinski definition) is 0. The molecule has 2 heterocycles. The Kier molecular flexibility index (Phi) is 4.23. The van der Waals surface area contributed by atoms with Crippen molar-refractivity contribution in [2.75, 3.05) is 38.2 Å². The molecule has 122 valence electrons. The molecule has 1 aliphatic carbocycles. The van der Waals surface area contributed by atoms with E-state index in [9.17, 15) is 0 Å². The number of thiazole rings is 1. The first-order valence-electron chi connectivity index (χ1n) is 8.37. The van der Waals surface area contributed by atoms with Crippen LogP contribution in [-0.2, 0) is 6.54 Å². The van der Waals surface area contributed by atoms with E-state index in [0.717, 1.165) is 44.4 Å². The minimum Gasteiger partial charge on any atom is -0.497 e. The van der Waals surface area contributed by atoms with Crippen molar-refractivity contribution in [2.24, 2.45) is 0 Å². The number of ether oxygens (including phenoxy) is 1. The maximum Gasteiger partial charge on any atom is 0.120 e. The molecule has 0 spiro atoms. The fraction of sp³-hybridized carbons (Fsp3) is 0.500. The fourth-order valence-corrected chi connectivity index (χ4v) is 4.10. The SMILES string of the molecule is COc1cccc(N2CCN(Cc3csc(C4CC4)n3)CC2)c1. The van der Waals surface area contributed by atoms with E-state index < -0.39 is 0 Å². The first-order chi connectivity index (χ1) is 11.3. The quantitative estimate of drug-likeness (QED) is 0.841. The van der Waals surface area contributed by atoms with Crippen molar-refractivity contribution in [3.8, 4) is 5.75 Å². The lowest BCUT2D eigenvalue weighted by atomic mass is 10.2. The third-order valence-corrected chi connectivity index (χ3v) is 5.73. The summed E-state index contributed by atoms with van der Waals surface area (Å²) in [4.78, 5) is 9.77.